The zero-order valence-corrected chi connectivity index (χ0v) is 8.84. The van der Waals surface area contributed by atoms with Gasteiger partial charge in [0.25, 0.3) is 0 Å². The van der Waals surface area contributed by atoms with Crippen molar-refractivity contribution in [1.29, 1.82) is 0 Å². The highest BCUT2D eigenvalue weighted by molar-refractivity contribution is 5.76. The monoisotopic (exact) mass is 188 g/mol. The van der Waals surface area contributed by atoms with E-state index in [4.69, 9.17) is 9.47 Å². The molecule has 13 heavy (non-hydrogen) atoms. The molecule has 0 aliphatic carbocycles. The van der Waals surface area contributed by atoms with Crippen molar-refractivity contribution in [3.05, 3.63) is 0 Å². The van der Waals surface area contributed by atoms with Crippen molar-refractivity contribution < 1.29 is 14.3 Å². The van der Waals surface area contributed by atoms with Crippen LogP contribution in [0.4, 0.5) is 0 Å². The highest BCUT2D eigenvalue weighted by atomic mass is 16.5. The lowest BCUT2D eigenvalue weighted by molar-refractivity contribution is -0.124. The molecule has 78 valence electrons. The van der Waals surface area contributed by atoms with Gasteiger partial charge in [0, 0.05) is 6.61 Å². The molecule has 3 heteroatoms. The maximum Gasteiger partial charge on any atom is 0.155 e. The molecule has 3 nitrogen and oxygen atoms in total. The minimum absolute atomic E-state index is 0.0146. The Hall–Kier alpha value is -0.410. The third kappa shape index (κ3) is 9.50. The van der Waals surface area contributed by atoms with Gasteiger partial charge in [0.15, 0.2) is 5.78 Å². The molecule has 0 amide bonds. The predicted molar refractivity (Wildman–Crippen MR) is 51.8 cm³/mol. The topological polar surface area (TPSA) is 35.5 Å². The van der Waals surface area contributed by atoms with Crippen LogP contribution in [0.15, 0.2) is 0 Å². The maximum absolute atomic E-state index is 10.6. The van der Waals surface area contributed by atoms with Gasteiger partial charge in [-0.05, 0) is 20.3 Å². The van der Waals surface area contributed by atoms with Gasteiger partial charge in [-0.15, -0.1) is 0 Å². The minimum atomic E-state index is 0.0146. The molecule has 0 saturated heterocycles. The lowest BCUT2D eigenvalue weighted by atomic mass is 10.3. The first kappa shape index (κ1) is 12.6. The molecule has 0 aromatic rings. The van der Waals surface area contributed by atoms with E-state index in [0.29, 0.717) is 6.61 Å². The molecule has 0 radical (unpaired) electrons. The van der Waals surface area contributed by atoms with Crippen LogP contribution in [0, 0.1) is 0 Å². The number of hydrogen-bond donors (Lipinski definition) is 0. The summed E-state index contributed by atoms with van der Waals surface area (Å²) in [7, 11) is 0. The van der Waals surface area contributed by atoms with Crippen LogP contribution < -0.4 is 0 Å². The van der Waals surface area contributed by atoms with Crippen LogP contribution in [-0.2, 0) is 14.3 Å². The molecule has 0 bridgehead atoms. The Labute approximate surface area is 80.4 Å². The normalized spacial score (nSPS) is 12.8. The van der Waals surface area contributed by atoms with E-state index >= 15 is 0 Å². The molecular weight excluding hydrogens is 168 g/mol. The summed E-state index contributed by atoms with van der Waals surface area (Å²) in [4.78, 5) is 10.6. The fraction of sp³-hybridized carbons (Fsp3) is 0.900. The van der Waals surface area contributed by atoms with Gasteiger partial charge < -0.3 is 9.47 Å². The fourth-order valence-electron chi connectivity index (χ4n) is 0.803. The number of rotatable bonds is 8. The van der Waals surface area contributed by atoms with Crippen LogP contribution in [0.5, 0.6) is 0 Å². The summed E-state index contributed by atoms with van der Waals surface area (Å²) in [6.07, 6.45) is 2.24. The summed E-state index contributed by atoms with van der Waals surface area (Å²) < 4.78 is 10.5. The zero-order chi connectivity index (χ0) is 10.1. The summed E-state index contributed by atoms with van der Waals surface area (Å²) >= 11 is 0. The number of ketones is 1. The van der Waals surface area contributed by atoms with E-state index in [2.05, 4.69) is 6.92 Å². The second-order valence-corrected chi connectivity index (χ2v) is 3.25. The van der Waals surface area contributed by atoms with Crippen molar-refractivity contribution in [2.45, 2.75) is 39.7 Å². The summed E-state index contributed by atoms with van der Waals surface area (Å²) in [6, 6.07) is 0. The molecule has 0 aromatic heterocycles. The molecule has 0 fully saturated rings. The Bertz CT molecular complexity index is 134. The fourth-order valence-corrected chi connectivity index (χ4v) is 0.803. The van der Waals surface area contributed by atoms with Crippen LogP contribution in [0.25, 0.3) is 0 Å². The van der Waals surface area contributed by atoms with Crippen LogP contribution >= 0.6 is 0 Å². The number of Topliss-reactive ketones (excluding diaryl/α,β-unsaturated/α-hetero) is 1. The van der Waals surface area contributed by atoms with Gasteiger partial charge in [0.05, 0.1) is 12.7 Å². The molecule has 0 aromatic carbocycles. The Balaban J connectivity index is 3.19. The third-order valence-corrected chi connectivity index (χ3v) is 1.57. The average molecular weight is 188 g/mol. The highest BCUT2D eigenvalue weighted by Crippen LogP contribution is 1.94. The van der Waals surface area contributed by atoms with Crippen molar-refractivity contribution in [2.24, 2.45) is 0 Å². The molecule has 0 aliphatic rings. The summed E-state index contributed by atoms with van der Waals surface area (Å²) in [6.45, 7) is 7.11. The largest absolute Gasteiger partial charge is 0.379 e. The van der Waals surface area contributed by atoms with E-state index < -0.39 is 0 Å². The predicted octanol–water partition coefficient (Wildman–Crippen LogP) is 1.80. The molecule has 0 spiro atoms. The lowest BCUT2D eigenvalue weighted by Gasteiger charge is -2.11. The van der Waals surface area contributed by atoms with Gasteiger partial charge in [-0.25, -0.2) is 0 Å². The van der Waals surface area contributed by atoms with E-state index in [0.717, 1.165) is 19.4 Å². The number of carbonyl (C=O) groups is 1. The van der Waals surface area contributed by atoms with E-state index in [1.54, 1.807) is 0 Å². The van der Waals surface area contributed by atoms with E-state index in [1.165, 1.54) is 6.92 Å². The average Bonchev–Trinajstić information content (AvgIpc) is 2.09. The number of hydrogen-bond acceptors (Lipinski definition) is 3. The Morgan fingerprint density at radius 3 is 2.69 bits per heavy atom. The first-order chi connectivity index (χ1) is 6.16. The molecule has 1 atom stereocenters. The molecule has 0 rings (SSSR count). The minimum Gasteiger partial charge on any atom is -0.379 e. The van der Waals surface area contributed by atoms with Gasteiger partial charge in [0.1, 0.15) is 6.61 Å². The molecule has 0 aliphatic heterocycles. The van der Waals surface area contributed by atoms with Gasteiger partial charge in [-0.3, -0.25) is 4.79 Å². The molecule has 0 heterocycles. The van der Waals surface area contributed by atoms with Crippen molar-refractivity contribution in [3.63, 3.8) is 0 Å². The summed E-state index contributed by atoms with van der Waals surface area (Å²) in [5.74, 6) is 0.0559. The molecule has 1 unspecified atom stereocenters. The summed E-state index contributed by atoms with van der Waals surface area (Å²) in [5, 5.41) is 0. The van der Waals surface area contributed by atoms with Crippen LogP contribution in [0.3, 0.4) is 0 Å². The van der Waals surface area contributed by atoms with E-state index in [1.807, 2.05) is 6.92 Å². The van der Waals surface area contributed by atoms with Gasteiger partial charge >= 0.3 is 0 Å². The van der Waals surface area contributed by atoms with E-state index in [-0.39, 0.29) is 18.5 Å². The van der Waals surface area contributed by atoms with Crippen LogP contribution in [-0.4, -0.2) is 31.7 Å². The zero-order valence-electron chi connectivity index (χ0n) is 8.84. The molecular formula is C10H20O3. The lowest BCUT2D eigenvalue weighted by Crippen LogP contribution is -2.19. The van der Waals surface area contributed by atoms with Crippen LogP contribution in [0.2, 0.25) is 0 Å². The second kappa shape index (κ2) is 8.20. The number of unbranched alkanes of at least 4 members (excludes halogenated alkanes) is 1. The van der Waals surface area contributed by atoms with Crippen molar-refractivity contribution in [1.82, 2.24) is 0 Å². The SMILES string of the molecule is CCCCOCC(C)OCC(C)=O. The second-order valence-electron chi connectivity index (χ2n) is 3.25. The van der Waals surface area contributed by atoms with Gasteiger partial charge in [-0.1, -0.05) is 13.3 Å². The highest BCUT2D eigenvalue weighted by Gasteiger charge is 2.03. The maximum atomic E-state index is 10.6. The number of ether oxygens (including phenoxy) is 2. The Kier molecular flexibility index (Phi) is 7.94. The van der Waals surface area contributed by atoms with Crippen LogP contribution in [0.1, 0.15) is 33.6 Å². The smallest absolute Gasteiger partial charge is 0.155 e. The quantitative estimate of drug-likeness (QED) is 0.545. The van der Waals surface area contributed by atoms with Gasteiger partial charge in [-0.2, -0.15) is 0 Å². The standard InChI is InChI=1S/C10H20O3/c1-4-5-6-12-8-10(3)13-7-9(2)11/h10H,4-8H2,1-3H3. The molecule has 0 saturated carbocycles. The van der Waals surface area contributed by atoms with Crippen molar-refractivity contribution >= 4 is 5.78 Å². The van der Waals surface area contributed by atoms with Crippen molar-refractivity contribution in [2.75, 3.05) is 19.8 Å². The van der Waals surface area contributed by atoms with E-state index in [9.17, 15) is 4.79 Å². The summed E-state index contributed by atoms with van der Waals surface area (Å²) in [5.41, 5.74) is 0. The first-order valence-corrected chi connectivity index (χ1v) is 4.85. The first-order valence-electron chi connectivity index (χ1n) is 4.85. The van der Waals surface area contributed by atoms with Gasteiger partial charge in [0.2, 0.25) is 0 Å². The molecule has 0 N–H and O–H groups in total. The Morgan fingerprint density at radius 2 is 2.15 bits per heavy atom. The Morgan fingerprint density at radius 1 is 1.46 bits per heavy atom. The van der Waals surface area contributed by atoms with Crippen molar-refractivity contribution in [3.8, 4) is 0 Å². The number of carbonyl (C=O) groups excluding carboxylic acids is 1. The third-order valence-electron chi connectivity index (χ3n) is 1.57.